The fourth-order valence-corrected chi connectivity index (χ4v) is 4.65. The van der Waals surface area contributed by atoms with Gasteiger partial charge < -0.3 is 24.1 Å². The molecule has 1 N–H and O–H groups in total. The minimum atomic E-state index is -0.0308. The van der Waals surface area contributed by atoms with Crippen molar-refractivity contribution in [3.63, 3.8) is 0 Å². The van der Waals surface area contributed by atoms with Gasteiger partial charge in [0.25, 0.3) is 0 Å². The van der Waals surface area contributed by atoms with Gasteiger partial charge in [-0.2, -0.15) is 4.98 Å². The minimum Gasteiger partial charge on any atom is -0.493 e. The lowest BCUT2D eigenvalue weighted by molar-refractivity contribution is -0.126. The van der Waals surface area contributed by atoms with E-state index in [4.69, 9.17) is 18.7 Å². The van der Waals surface area contributed by atoms with Crippen LogP contribution in [0.3, 0.4) is 0 Å². The van der Waals surface area contributed by atoms with E-state index >= 15 is 0 Å². The minimum absolute atomic E-state index is 0.0308. The van der Waals surface area contributed by atoms with Crippen LogP contribution >= 0.6 is 11.3 Å². The molecule has 0 radical (unpaired) electrons. The Labute approximate surface area is 196 Å². The van der Waals surface area contributed by atoms with Crippen LogP contribution in [0, 0.1) is 5.92 Å². The average molecular weight is 473 g/mol. The molecule has 1 saturated heterocycles. The van der Waals surface area contributed by atoms with Crippen LogP contribution in [0.15, 0.2) is 34.2 Å². The third-order valence-corrected chi connectivity index (χ3v) is 6.63. The standard InChI is InChI=1S/C23H28N4O5S/c1-29-17-7-6-16(20(30-2)21(17)31-3)13-24-23(28)15-8-10-27(11-9-15)14-19-25-22(26-32-19)18-5-4-12-33-18/h4-7,12,15H,8-11,13-14H2,1-3H3,(H,24,28). The van der Waals surface area contributed by atoms with Crippen molar-refractivity contribution in [1.29, 1.82) is 0 Å². The number of amides is 1. The molecule has 1 aliphatic rings. The van der Waals surface area contributed by atoms with Crippen molar-refractivity contribution in [2.24, 2.45) is 5.92 Å². The molecule has 0 spiro atoms. The third kappa shape index (κ3) is 5.28. The number of methoxy groups -OCH3 is 3. The number of nitrogens with one attached hydrogen (secondary N) is 1. The van der Waals surface area contributed by atoms with E-state index in [1.807, 2.05) is 29.6 Å². The SMILES string of the molecule is COc1ccc(CNC(=O)C2CCN(Cc3nc(-c4cccs4)no3)CC2)c(OC)c1OC. The Hall–Kier alpha value is -3.11. The summed E-state index contributed by atoms with van der Waals surface area (Å²) in [5, 5.41) is 9.09. The maximum absolute atomic E-state index is 12.8. The number of nitrogens with zero attached hydrogens (tertiary/aromatic N) is 3. The van der Waals surface area contributed by atoms with E-state index < -0.39 is 0 Å². The Morgan fingerprint density at radius 2 is 1.94 bits per heavy atom. The molecule has 9 nitrogen and oxygen atoms in total. The van der Waals surface area contributed by atoms with E-state index in [1.54, 1.807) is 32.7 Å². The van der Waals surface area contributed by atoms with Crippen molar-refractivity contribution < 1.29 is 23.5 Å². The molecule has 0 atom stereocenters. The second kappa shape index (κ2) is 10.7. The normalized spacial score (nSPS) is 14.8. The Morgan fingerprint density at radius 3 is 2.61 bits per heavy atom. The van der Waals surface area contributed by atoms with Crippen LogP contribution in [-0.2, 0) is 17.9 Å². The molecule has 176 valence electrons. The number of rotatable bonds is 9. The molecule has 3 aromatic rings. The number of hydrogen-bond acceptors (Lipinski definition) is 9. The zero-order valence-corrected chi connectivity index (χ0v) is 19.8. The lowest BCUT2D eigenvalue weighted by atomic mass is 9.96. The van der Waals surface area contributed by atoms with Crippen molar-refractivity contribution in [2.45, 2.75) is 25.9 Å². The second-order valence-electron chi connectivity index (χ2n) is 7.75. The van der Waals surface area contributed by atoms with E-state index in [0.29, 0.717) is 42.1 Å². The number of thiophene rings is 1. The quantitative estimate of drug-likeness (QED) is 0.506. The highest BCUT2D eigenvalue weighted by molar-refractivity contribution is 7.13. The van der Waals surface area contributed by atoms with E-state index in [9.17, 15) is 4.79 Å². The lowest BCUT2D eigenvalue weighted by Gasteiger charge is -2.30. The highest BCUT2D eigenvalue weighted by atomic mass is 32.1. The predicted molar refractivity (Wildman–Crippen MR) is 124 cm³/mol. The number of benzene rings is 1. The van der Waals surface area contributed by atoms with E-state index in [-0.39, 0.29) is 11.8 Å². The summed E-state index contributed by atoms with van der Waals surface area (Å²) in [6.45, 7) is 2.55. The molecule has 0 aliphatic carbocycles. The first kappa shape index (κ1) is 23.1. The molecular formula is C23H28N4O5S. The van der Waals surface area contributed by atoms with Gasteiger partial charge in [-0.25, -0.2) is 0 Å². The van der Waals surface area contributed by atoms with Crippen LogP contribution in [0.5, 0.6) is 17.2 Å². The van der Waals surface area contributed by atoms with Crippen molar-refractivity contribution in [1.82, 2.24) is 20.4 Å². The van der Waals surface area contributed by atoms with Crippen molar-refractivity contribution in [2.75, 3.05) is 34.4 Å². The first-order valence-electron chi connectivity index (χ1n) is 10.8. The van der Waals surface area contributed by atoms with Gasteiger partial charge in [0, 0.05) is 18.0 Å². The molecule has 1 aromatic carbocycles. The van der Waals surface area contributed by atoms with Crippen molar-refractivity contribution in [3.8, 4) is 28.0 Å². The number of carbonyl (C=O) groups excluding carboxylic acids is 1. The van der Waals surface area contributed by atoms with Crippen LogP contribution < -0.4 is 19.5 Å². The van der Waals surface area contributed by atoms with Crippen LogP contribution in [0.25, 0.3) is 10.7 Å². The second-order valence-corrected chi connectivity index (χ2v) is 8.70. The topological polar surface area (TPSA) is 99.0 Å². The van der Waals surface area contributed by atoms with Gasteiger partial charge in [-0.05, 0) is 49.5 Å². The average Bonchev–Trinajstić information content (AvgIpc) is 3.54. The van der Waals surface area contributed by atoms with Crippen LogP contribution in [0.1, 0.15) is 24.3 Å². The molecule has 10 heteroatoms. The van der Waals surface area contributed by atoms with Gasteiger partial charge in [0.2, 0.25) is 23.4 Å². The predicted octanol–water partition coefficient (Wildman–Crippen LogP) is 3.35. The van der Waals surface area contributed by atoms with Crippen LogP contribution in [0.2, 0.25) is 0 Å². The van der Waals surface area contributed by atoms with Crippen molar-refractivity contribution >= 4 is 17.2 Å². The monoisotopic (exact) mass is 472 g/mol. The highest BCUT2D eigenvalue weighted by Crippen LogP contribution is 2.39. The molecule has 1 amide bonds. The Balaban J connectivity index is 1.28. The molecule has 1 fully saturated rings. The van der Waals surface area contributed by atoms with Gasteiger partial charge in [-0.3, -0.25) is 9.69 Å². The van der Waals surface area contributed by atoms with Crippen LogP contribution in [0.4, 0.5) is 0 Å². The Kier molecular flexibility index (Phi) is 7.46. The third-order valence-electron chi connectivity index (χ3n) is 5.77. The van der Waals surface area contributed by atoms with Gasteiger partial charge in [-0.15, -0.1) is 11.3 Å². The molecule has 2 aromatic heterocycles. The Bertz CT molecular complexity index is 1060. The van der Waals surface area contributed by atoms with Crippen molar-refractivity contribution in [3.05, 3.63) is 41.1 Å². The molecule has 4 rings (SSSR count). The summed E-state index contributed by atoms with van der Waals surface area (Å²) in [6.07, 6.45) is 1.56. The summed E-state index contributed by atoms with van der Waals surface area (Å²) in [6, 6.07) is 7.62. The summed E-state index contributed by atoms with van der Waals surface area (Å²) in [7, 11) is 4.71. The number of carbonyl (C=O) groups is 1. The molecule has 1 aliphatic heterocycles. The van der Waals surface area contributed by atoms with Gasteiger partial charge in [0.05, 0.1) is 32.8 Å². The first-order valence-corrected chi connectivity index (χ1v) is 11.6. The maximum atomic E-state index is 12.8. The summed E-state index contributed by atoms with van der Waals surface area (Å²) in [4.78, 5) is 20.5. The van der Waals surface area contributed by atoms with E-state index in [2.05, 4.69) is 20.4 Å². The van der Waals surface area contributed by atoms with Gasteiger partial charge in [0.1, 0.15) is 0 Å². The van der Waals surface area contributed by atoms with E-state index in [1.165, 1.54) is 0 Å². The van der Waals surface area contributed by atoms with E-state index in [0.717, 1.165) is 36.4 Å². The lowest BCUT2D eigenvalue weighted by Crippen LogP contribution is -2.40. The highest BCUT2D eigenvalue weighted by Gasteiger charge is 2.26. The number of piperidine rings is 1. The molecule has 33 heavy (non-hydrogen) atoms. The Morgan fingerprint density at radius 1 is 1.15 bits per heavy atom. The molecule has 0 unspecified atom stereocenters. The zero-order chi connectivity index (χ0) is 23.2. The molecule has 0 saturated carbocycles. The number of likely N-dealkylation sites (tertiary alicyclic amines) is 1. The number of aromatic nitrogens is 2. The molecule has 0 bridgehead atoms. The summed E-state index contributed by atoms with van der Waals surface area (Å²) in [5.41, 5.74) is 0.832. The zero-order valence-electron chi connectivity index (χ0n) is 19.0. The first-order chi connectivity index (χ1) is 16.1. The molecule has 3 heterocycles. The smallest absolute Gasteiger partial charge is 0.241 e. The van der Waals surface area contributed by atoms with Crippen LogP contribution in [-0.4, -0.2) is 55.4 Å². The number of hydrogen-bond donors (Lipinski definition) is 1. The van der Waals surface area contributed by atoms with Gasteiger partial charge in [-0.1, -0.05) is 11.2 Å². The molecular weight excluding hydrogens is 444 g/mol. The van der Waals surface area contributed by atoms with Gasteiger partial charge >= 0.3 is 0 Å². The summed E-state index contributed by atoms with van der Waals surface area (Å²) in [5.74, 6) is 2.90. The fourth-order valence-electron chi connectivity index (χ4n) is 4.00. The largest absolute Gasteiger partial charge is 0.493 e. The summed E-state index contributed by atoms with van der Waals surface area (Å²) >= 11 is 1.58. The fraction of sp³-hybridized carbons (Fsp3) is 0.435. The number of ether oxygens (including phenoxy) is 3. The van der Waals surface area contributed by atoms with Gasteiger partial charge in [0.15, 0.2) is 11.5 Å². The maximum Gasteiger partial charge on any atom is 0.241 e. The summed E-state index contributed by atoms with van der Waals surface area (Å²) < 4.78 is 21.6.